The first-order valence-corrected chi connectivity index (χ1v) is 8.26. The van der Waals surface area contributed by atoms with Crippen molar-refractivity contribution in [1.29, 1.82) is 0 Å². The molecule has 1 N–H and O–H groups in total. The predicted octanol–water partition coefficient (Wildman–Crippen LogP) is 4.64. The number of alkyl halides is 3. The Morgan fingerprint density at radius 2 is 2.14 bits per heavy atom. The third kappa shape index (κ3) is 4.13. The minimum atomic E-state index is -4.64. The summed E-state index contributed by atoms with van der Waals surface area (Å²) in [4.78, 5) is 0. The molecule has 1 aromatic carbocycles. The lowest BCUT2D eigenvalue weighted by atomic mass is 9.91. The average molecular weight is 321 g/mol. The monoisotopic (exact) mass is 321 g/mol. The van der Waals surface area contributed by atoms with Gasteiger partial charge in [0.05, 0.1) is 5.56 Å². The van der Waals surface area contributed by atoms with Crippen LogP contribution in [-0.2, 0) is 6.18 Å². The van der Waals surface area contributed by atoms with Crippen molar-refractivity contribution in [1.82, 2.24) is 5.32 Å². The van der Waals surface area contributed by atoms with Gasteiger partial charge in [-0.15, -0.1) is 0 Å². The Morgan fingerprint density at radius 1 is 1.38 bits per heavy atom. The Balaban J connectivity index is 2.25. The highest BCUT2D eigenvalue weighted by atomic mass is 32.2. The van der Waals surface area contributed by atoms with Gasteiger partial charge >= 0.3 is 6.18 Å². The van der Waals surface area contributed by atoms with Crippen LogP contribution in [0.3, 0.4) is 0 Å². The summed E-state index contributed by atoms with van der Waals surface area (Å²) in [6.45, 7) is 2.80. The molecule has 1 aliphatic heterocycles. The molecule has 1 aliphatic rings. The number of thioether (sulfide) groups is 1. The van der Waals surface area contributed by atoms with Gasteiger partial charge in [0.25, 0.3) is 0 Å². The van der Waals surface area contributed by atoms with Crippen molar-refractivity contribution >= 4 is 11.8 Å². The predicted molar refractivity (Wildman–Crippen MR) is 77.9 cm³/mol. The fraction of sp³-hybridized carbons (Fsp3) is 0.600. The maximum atomic E-state index is 13.8. The summed E-state index contributed by atoms with van der Waals surface area (Å²) in [5.74, 6) is 1.17. The fourth-order valence-corrected chi connectivity index (χ4v) is 3.92. The minimum absolute atomic E-state index is 0.0725. The van der Waals surface area contributed by atoms with E-state index in [1.54, 1.807) is 0 Å². The zero-order valence-electron chi connectivity index (χ0n) is 11.8. The average Bonchev–Trinajstić information content (AvgIpc) is 2.91. The highest BCUT2D eigenvalue weighted by molar-refractivity contribution is 7.99. The fourth-order valence-electron chi connectivity index (χ4n) is 2.63. The first-order valence-electron chi connectivity index (χ1n) is 7.11. The summed E-state index contributed by atoms with van der Waals surface area (Å²) in [5, 5.41) is 3.35. The lowest BCUT2D eigenvalue weighted by Gasteiger charge is -2.25. The highest BCUT2D eigenvalue weighted by Crippen LogP contribution is 2.37. The van der Waals surface area contributed by atoms with E-state index in [9.17, 15) is 17.6 Å². The molecule has 0 aliphatic carbocycles. The highest BCUT2D eigenvalue weighted by Gasteiger charge is 2.35. The molecule has 1 saturated heterocycles. The van der Waals surface area contributed by atoms with Crippen molar-refractivity contribution in [3.63, 3.8) is 0 Å². The van der Waals surface area contributed by atoms with Gasteiger partial charge in [-0.3, -0.25) is 0 Å². The van der Waals surface area contributed by atoms with Crippen LogP contribution in [0.1, 0.15) is 36.9 Å². The van der Waals surface area contributed by atoms with Crippen LogP contribution < -0.4 is 5.32 Å². The lowest BCUT2D eigenvalue weighted by molar-refractivity contribution is -0.140. The van der Waals surface area contributed by atoms with Crippen molar-refractivity contribution < 1.29 is 17.6 Å². The van der Waals surface area contributed by atoms with E-state index in [0.717, 1.165) is 43.0 Å². The first kappa shape index (κ1) is 16.6. The normalized spacial score (nSPS) is 20.7. The van der Waals surface area contributed by atoms with Gasteiger partial charge in [-0.05, 0) is 54.5 Å². The van der Waals surface area contributed by atoms with Gasteiger partial charge < -0.3 is 5.32 Å². The largest absolute Gasteiger partial charge is 0.419 e. The van der Waals surface area contributed by atoms with Crippen LogP contribution in [0.25, 0.3) is 0 Å². The smallest absolute Gasteiger partial charge is 0.310 e. The number of hydrogen-bond acceptors (Lipinski definition) is 2. The Bertz CT molecular complexity index is 469. The summed E-state index contributed by atoms with van der Waals surface area (Å²) in [5.41, 5.74) is -0.581. The number of halogens is 4. The maximum absolute atomic E-state index is 13.8. The molecule has 1 heterocycles. The van der Waals surface area contributed by atoms with Gasteiger partial charge in [-0.1, -0.05) is 13.0 Å². The van der Waals surface area contributed by atoms with Gasteiger partial charge in [0.1, 0.15) is 5.82 Å². The van der Waals surface area contributed by atoms with E-state index in [1.807, 2.05) is 18.7 Å². The third-order valence-electron chi connectivity index (χ3n) is 3.71. The molecule has 21 heavy (non-hydrogen) atoms. The van der Waals surface area contributed by atoms with Crippen LogP contribution in [0.15, 0.2) is 18.2 Å². The SMILES string of the molecule is CCCNC(c1ccc(C(F)(F)F)c(F)c1)C1CCSC1. The van der Waals surface area contributed by atoms with Crippen LogP contribution >= 0.6 is 11.8 Å². The molecule has 0 bridgehead atoms. The van der Waals surface area contributed by atoms with Gasteiger partial charge in [-0.2, -0.15) is 24.9 Å². The number of hydrogen-bond donors (Lipinski definition) is 1. The van der Waals surface area contributed by atoms with Crippen molar-refractivity contribution in [2.45, 2.75) is 32.0 Å². The Kier molecular flexibility index (Phi) is 5.54. The van der Waals surface area contributed by atoms with Crippen LogP contribution in [0, 0.1) is 11.7 Å². The van der Waals surface area contributed by atoms with Gasteiger partial charge in [0.2, 0.25) is 0 Å². The second-order valence-electron chi connectivity index (χ2n) is 5.29. The van der Waals surface area contributed by atoms with Crippen molar-refractivity contribution in [3.05, 3.63) is 35.1 Å². The van der Waals surface area contributed by atoms with Crippen LogP contribution in [0.5, 0.6) is 0 Å². The maximum Gasteiger partial charge on any atom is 0.419 e. The molecule has 118 valence electrons. The zero-order chi connectivity index (χ0) is 15.5. The molecular weight excluding hydrogens is 302 g/mol. The number of rotatable bonds is 5. The van der Waals surface area contributed by atoms with Gasteiger partial charge in [-0.25, -0.2) is 4.39 Å². The van der Waals surface area contributed by atoms with E-state index in [4.69, 9.17) is 0 Å². The summed E-state index contributed by atoms with van der Waals surface area (Å²) < 4.78 is 51.6. The van der Waals surface area contributed by atoms with Crippen LogP contribution in [0.4, 0.5) is 17.6 Å². The van der Waals surface area contributed by atoms with Crippen LogP contribution in [-0.4, -0.2) is 18.1 Å². The van der Waals surface area contributed by atoms with E-state index in [0.29, 0.717) is 11.5 Å². The molecule has 6 heteroatoms. The van der Waals surface area contributed by atoms with E-state index < -0.39 is 17.6 Å². The molecule has 1 aromatic rings. The van der Waals surface area contributed by atoms with E-state index in [2.05, 4.69) is 5.32 Å². The molecule has 0 spiro atoms. The van der Waals surface area contributed by atoms with Crippen LogP contribution in [0.2, 0.25) is 0 Å². The Labute approximate surface area is 126 Å². The Morgan fingerprint density at radius 3 is 2.67 bits per heavy atom. The molecule has 0 aromatic heterocycles. The van der Waals surface area contributed by atoms with E-state index in [1.165, 1.54) is 6.07 Å². The third-order valence-corrected chi connectivity index (χ3v) is 4.90. The van der Waals surface area contributed by atoms with Gasteiger partial charge in [0, 0.05) is 6.04 Å². The minimum Gasteiger partial charge on any atom is -0.310 e. The summed E-state index contributed by atoms with van der Waals surface area (Å²) in [6, 6.07) is 3.23. The second-order valence-corrected chi connectivity index (χ2v) is 6.44. The lowest BCUT2D eigenvalue weighted by Crippen LogP contribution is -2.29. The molecule has 1 fully saturated rings. The molecule has 0 amide bonds. The van der Waals surface area contributed by atoms with Crippen molar-refractivity contribution in [2.75, 3.05) is 18.1 Å². The molecular formula is C15H19F4NS. The number of benzene rings is 1. The molecule has 2 rings (SSSR count). The quantitative estimate of drug-likeness (QED) is 0.793. The molecule has 1 nitrogen and oxygen atoms in total. The first-order chi connectivity index (χ1) is 9.93. The standard InChI is InChI=1S/C15H19F4NS/c1-2-6-20-14(11-5-7-21-9-11)10-3-4-12(13(16)8-10)15(17,18)19/h3-4,8,11,14,20H,2,5-7,9H2,1H3. The number of nitrogens with one attached hydrogen (secondary N) is 1. The molecule has 0 radical (unpaired) electrons. The second kappa shape index (κ2) is 7.01. The summed E-state index contributed by atoms with van der Waals surface area (Å²) in [6.07, 6.45) is -2.70. The summed E-state index contributed by atoms with van der Waals surface area (Å²) >= 11 is 1.84. The molecule has 2 atom stereocenters. The topological polar surface area (TPSA) is 12.0 Å². The molecule has 0 saturated carbocycles. The molecule has 2 unspecified atom stereocenters. The zero-order valence-corrected chi connectivity index (χ0v) is 12.7. The van der Waals surface area contributed by atoms with Crippen molar-refractivity contribution in [3.8, 4) is 0 Å². The van der Waals surface area contributed by atoms with E-state index >= 15 is 0 Å². The summed E-state index contributed by atoms with van der Waals surface area (Å²) in [7, 11) is 0. The Hall–Kier alpha value is -0.750. The van der Waals surface area contributed by atoms with Crippen molar-refractivity contribution in [2.24, 2.45) is 5.92 Å². The van der Waals surface area contributed by atoms with E-state index in [-0.39, 0.29) is 6.04 Å². The van der Waals surface area contributed by atoms with Gasteiger partial charge in [0.15, 0.2) is 0 Å².